The molecule has 0 atom stereocenters. The molecule has 0 unspecified atom stereocenters. The summed E-state index contributed by atoms with van der Waals surface area (Å²) in [5.41, 5.74) is 4.58. The van der Waals surface area contributed by atoms with Gasteiger partial charge in [-0.25, -0.2) is 9.18 Å². The van der Waals surface area contributed by atoms with Gasteiger partial charge in [-0.05, 0) is 50.3 Å². The van der Waals surface area contributed by atoms with Crippen LogP contribution in [0.3, 0.4) is 0 Å². The average molecular weight is 468 g/mol. The van der Waals surface area contributed by atoms with Crippen LogP contribution in [0, 0.1) is 0 Å². The topological polar surface area (TPSA) is 84.5 Å². The fourth-order valence-electron chi connectivity index (χ4n) is 5.80. The number of rotatable bonds is 5. The molecule has 0 spiro atoms. The number of pyridine rings is 1. The number of carboxylic acids is 1. The number of carbonyl (C=O) groups is 2. The molecule has 5 rings (SSSR count). The maximum Gasteiger partial charge on any atom is 0.341 e. The zero-order chi connectivity index (χ0) is 24.4. The first-order valence-corrected chi connectivity index (χ1v) is 12.1. The Balaban J connectivity index is 1.74. The van der Waals surface area contributed by atoms with E-state index in [1.807, 2.05) is 0 Å². The second-order valence-corrected chi connectivity index (χ2v) is 9.91. The van der Waals surface area contributed by atoms with Crippen LogP contribution < -0.4 is 5.56 Å². The number of aromatic carboxylic acids is 1. The van der Waals surface area contributed by atoms with E-state index in [0.717, 1.165) is 54.6 Å². The summed E-state index contributed by atoms with van der Waals surface area (Å²) >= 11 is 0. The van der Waals surface area contributed by atoms with E-state index in [0.29, 0.717) is 12.1 Å². The van der Waals surface area contributed by atoms with Crippen molar-refractivity contribution < 1.29 is 19.1 Å². The molecular formula is C26H30FN3O4. The number of nitrogens with zero attached hydrogens (tertiary/aromatic N) is 3. The van der Waals surface area contributed by atoms with E-state index in [-0.39, 0.29) is 31.1 Å². The van der Waals surface area contributed by atoms with E-state index in [9.17, 15) is 23.9 Å². The summed E-state index contributed by atoms with van der Waals surface area (Å²) in [7, 11) is 0. The quantitative estimate of drug-likeness (QED) is 0.730. The molecule has 2 aromatic rings. The van der Waals surface area contributed by atoms with Crippen LogP contribution in [0.25, 0.3) is 17.2 Å². The number of carbonyl (C=O) groups excluding carboxylic acids is 1. The summed E-state index contributed by atoms with van der Waals surface area (Å²) in [5, 5.41) is 9.84. The number of hydrogen-bond acceptors (Lipinski definition) is 3. The third-order valence-corrected chi connectivity index (χ3v) is 7.45. The van der Waals surface area contributed by atoms with Crippen LogP contribution >= 0.6 is 0 Å². The number of allylic oxidation sites excluding steroid dienone is 1. The molecule has 4 heterocycles. The van der Waals surface area contributed by atoms with Crippen molar-refractivity contribution in [1.82, 2.24) is 14.0 Å². The van der Waals surface area contributed by atoms with Crippen molar-refractivity contribution in [3.05, 3.63) is 50.2 Å². The normalized spacial score (nSPS) is 17.9. The van der Waals surface area contributed by atoms with Gasteiger partial charge in [0.05, 0.1) is 13.1 Å². The van der Waals surface area contributed by atoms with Gasteiger partial charge in [-0.3, -0.25) is 9.59 Å². The lowest BCUT2D eigenvalue weighted by molar-refractivity contribution is -0.144. The summed E-state index contributed by atoms with van der Waals surface area (Å²) in [6.45, 7) is 6.20. The molecule has 1 fully saturated rings. The highest BCUT2D eigenvalue weighted by Crippen LogP contribution is 2.42. The second-order valence-electron chi connectivity index (χ2n) is 9.91. The van der Waals surface area contributed by atoms with E-state index in [2.05, 4.69) is 24.5 Å². The monoisotopic (exact) mass is 467 g/mol. The van der Waals surface area contributed by atoms with Crippen LogP contribution in [0.15, 0.2) is 16.4 Å². The molecular weight excluding hydrogens is 437 g/mol. The molecule has 180 valence electrons. The molecule has 0 aromatic carbocycles. The van der Waals surface area contributed by atoms with E-state index >= 15 is 0 Å². The number of fused-ring (bicyclic) bond motifs is 5. The minimum Gasteiger partial charge on any atom is -0.477 e. The Morgan fingerprint density at radius 3 is 2.53 bits per heavy atom. The first kappa shape index (κ1) is 22.6. The lowest BCUT2D eigenvalue weighted by Gasteiger charge is -2.42. The lowest BCUT2D eigenvalue weighted by atomic mass is 9.94. The minimum absolute atomic E-state index is 0.0160. The number of halogens is 1. The number of hydrogen-bond donors (Lipinski definition) is 1. The molecule has 2 aromatic heterocycles. The second kappa shape index (κ2) is 7.96. The largest absolute Gasteiger partial charge is 0.477 e. The summed E-state index contributed by atoms with van der Waals surface area (Å²) in [5.74, 6) is -1.68. The smallest absolute Gasteiger partial charge is 0.341 e. The van der Waals surface area contributed by atoms with Crippen molar-refractivity contribution >= 4 is 18.0 Å². The minimum atomic E-state index is -1.42. The van der Waals surface area contributed by atoms with E-state index < -0.39 is 17.2 Å². The number of amides is 1. The maximum absolute atomic E-state index is 14.0. The van der Waals surface area contributed by atoms with Crippen molar-refractivity contribution in [1.29, 1.82) is 0 Å². The Morgan fingerprint density at radius 2 is 1.91 bits per heavy atom. The zero-order valence-corrected chi connectivity index (χ0v) is 19.9. The van der Waals surface area contributed by atoms with Gasteiger partial charge in [0, 0.05) is 41.2 Å². The van der Waals surface area contributed by atoms with Crippen LogP contribution in [0.2, 0.25) is 0 Å². The van der Waals surface area contributed by atoms with Gasteiger partial charge in [0.15, 0.2) is 0 Å². The van der Waals surface area contributed by atoms with Crippen molar-refractivity contribution in [3.8, 4) is 11.1 Å². The van der Waals surface area contributed by atoms with Crippen molar-refractivity contribution in [2.75, 3.05) is 13.1 Å². The third kappa shape index (κ3) is 3.42. The standard InChI is InChI=1S/C26H30FN3O4/c1-4-15-9-20-17(23-16(5-2)19-7-6-8-29(19)21(23)10-15)11-18(25(33)34)24(32)30(20)12-22(31)28-13-26(3,27)14-28/h10-11H,4-9,12-14H2,1-3H3,(H,33,34). The maximum atomic E-state index is 14.0. The summed E-state index contributed by atoms with van der Waals surface area (Å²) in [6, 6.07) is 1.50. The molecule has 7 nitrogen and oxygen atoms in total. The van der Waals surface area contributed by atoms with Crippen LogP contribution in [0.1, 0.15) is 66.6 Å². The number of likely N-dealkylation sites (tertiary alicyclic amines) is 1. The summed E-state index contributed by atoms with van der Waals surface area (Å²) < 4.78 is 17.7. The van der Waals surface area contributed by atoms with Gasteiger partial charge in [-0.2, -0.15) is 0 Å². The Kier molecular flexibility index (Phi) is 5.30. The predicted molar refractivity (Wildman–Crippen MR) is 127 cm³/mol. The van der Waals surface area contributed by atoms with Gasteiger partial charge in [-0.15, -0.1) is 0 Å². The highest BCUT2D eigenvalue weighted by molar-refractivity contribution is 5.92. The summed E-state index contributed by atoms with van der Waals surface area (Å²) in [6.07, 6.45) is 6.27. The highest BCUT2D eigenvalue weighted by atomic mass is 19.1. The first-order chi connectivity index (χ1) is 16.1. The zero-order valence-electron chi connectivity index (χ0n) is 19.9. The molecule has 1 saturated heterocycles. The van der Waals surface area contributed by atoms with Crippen molar-refractivity contribution in [3.63, 3.8) is 0 Å². The number of carboxylic acid groups (broad SMARTS) is 1. The van der Waals surface area contributed by atoms with Gasteiger partial charge in [0.25, 0.3) is 5.56 Å². The Labute approximate surface area is 197 Å². The van der Waals surface area contributed by atoms with Crippen LogP contribution in [-0.4, -0.2) is 49.8 Å². The first-order valence-electron chi connectivity index (χ1n) is 12.1. The molecule has 3 aliphatic rings. The molecule has 8 heteroatoms. The predicted octanol–water partition coefficient (Wildman–Crippen LogP) is 3.44. The Hall–Kier alpha value is -3.16. The fraction of sp³-hybridized carbons (Fsp3) is 0.500. The lowest BCUT2D eigenvalue weighted by Crippen LogP contribution is -2.60. The van der Waals surface area contributed by atoms with Crippen LogP contribution in [-0.2, 0) is 37.1 Å². The van der Waals surface area contributed by atoms with Crippen molar-refractivity contribution in [2.45, 2.75) is 71.6 Å². The van der Waals surface area contributed by atoms with Gasteiger partial charge in [0.2, 0.25) is 5.91 Å². The van der Waals surface area contributed by atoms with Crippen LogP contribution in [0.4, 0.5) is 4.39 Å². The van der Waals surface area contributed by atoms with Gasteiger partial charge in [0.1, 0.15) is 17.8 Å². The van der Waals surface area contributed by atoms with E-state index in [1.165, 1.54) is 33.7 Å². The molecule has 34 heavy (non-hydrogen) atoms. The molecule has 0 bridgehead atoms. The fourth-order valence-corrected chi connectivity index (χ4v) is 5.80. The third-order valence-electron chi connectivity index (χ3n) is 7.45. The molecule has 0 radical (unpaired) electrons. The van der Waals surface area contributed by atoms with Gasteiger partial charge in [-0.1, -0.05) is 19.4 Å². The van der Waals surface area contributed by atoms with Crippen molar-refractivity contribution in [2.24, 2.45) is 0 Å². The average Bonchev–Trinajstić information content (AvgIpc) is 3.30. The van der Waals surface area contributed by atoms with Gasteiger partial charge >= 0.3 is 5.97 Å². The molecule has 1 N–H and O–H groups in total. The van der Waals surface area contributed by atoms with Crippen LogP contribution in [0.5, 0.6) is 0 Å². The SMILES string of the molecule is CCC1=Cc2c(c(CC)c3n2CCC3)-c2cc(C(=O)O)c(=O)n(CC(=O)N3CC(C)(F)C3)c2C1. The molecule has 2 aliphatic heterocycles. The molecule has 0 saturated carbocycles. The Morgan fingerprint density at radius 1 is 1.18 bits per heavy atom. The number of aromatic nitrogens is 2. The summed E-state index contributed by atoms with van der Waals surface area (Å²) in [4.78, 5) is 39.7. The molecule has 1 amide bonds. The molecule has 1 aliphatic carbocycles. The van der Waals surface area contributed by atoms with E-state index in [4.69, 9.17) is 0 Å². The number of alkyl halides is 1. The van der Waals surface area contributed by atoms with Gasteiger partial charge < -0.3 is 19.1 Å². The highest BCUT2D eigenvalue weighted by Gasteiger charge is 2.42. The Bertz CT molecular complexity index is 1310. The van der Waals surface area contributed by atoms with E-state index in [1.54, 1.807) is 0 Å².